The Kier molecular flexibility index (Phi) is 12.2. The highest BCUT2D eigenvalue weighted by atomic mass is 35.5. The maximum atomic E-state index is 5.94. The van der Waals surface area contributed by atoms with Crippen LogP contribution in [0.3, 0.4) is 0 Å². The average Bonchev–Trinajstić information content (AvgIpc) is 2.39. The van der Waals surface area contributed by atoms with Gasteiger partial charge in [-0.25, -0.2) is 0 Å². The monoisotopic (exact) mass is 354 g/mol. The first-order valence-corrected chi connectivity index (χ1v) is 8.09. The van der Waals surface area contributed by atoms with Crippen LogP contribution < -0.4 is 0 Å². The highest BCUT2D eigenvalue weighted by Crippen LogP contribution is 2.30. The Hall–Kier alpha value is -0.980. The Balaban J connectivity index is 0. The Labute approximate surface area is 153 Å². The molecule has 0 heterocycles. The number of benzene rings is 2. The molecule has 0 radical (unpaired) electrons. The summed E-state index contributed by atoms with van der Waals surface area (Å²) in [7, 11) is 0. The Morgan fingerprint density at radius 1 is 0.696 bits per heavy atom. The van der Waals surface area contributed by atoms with Crippen LogP contribution in [0.15, 0.2) is 42.5 Å². The second-order valence-electron chi connectivity index (χ2n) is 5.80. The van der Waals surface area contributed by atoms with Crippen LogP contribution in [0.25, 0.3) is 0 Å². The molecule has 130 valence electrons. The quantitative estimate of drug-likeness (QED) is 0.506. The van der Waals surface area contributed by atoms with E-state index in [2.05, 4.69) is 58.9 Å². The first-order chi connectivity index (χ1) is 9.84. The summed E-state index contributed by atoms with van der Waals surface area (Å²) in [6.45, 7) is 10.8. The van der Waals surface area contributed by atoms with E-state index in [1.807, 2.05) is 18.2 Å². The third kappa shape index (κ3) is 7.42. The standard InChI is InChI=1S/C10H14.C9H10Cl2.2CH4/c1-8(2)10-7-5-4-6-9(10)3;1-6(2)9-7(10)4-3-5-8(9)11;;/h4-8H,1-3H3;3-6H,1-2H3;2*1H4. The van der Waals surface area contributed by atoms with Crippen molar-refractivity contribution in [3.05, 3.63) is 69.2 Å². The lowest BCUT2D eigenvalue weighted by Gasteiger charge is -2.09. The topological polar surface area (TPSA) is 0 Å². The fraction of sp³-hybridized carbons (Fsp3) is 0.429. The fourth-order valence-corrected chi connectivity index (χ4v) is 3.13. The van der Waals surface area contributed by atoms with Crippen LogP contribution in [0.1, 0.15) is 71.1 Å². The molecule has 0 atom stereocenters. The smallest absolute Gasteiger partial charge is 0.0455 e. The Morgan fingerprint density at radius 3 is 1.48 bits per heavy atom. The lowest BCUT2D eigenvalue weighted by atomic mass is 9.99. The van der Waals surface area contributed by atoms with Crippen LogP contribution in [0.5, 0.6) is 0 Å². The van der Waals surface area contributed by atoms with Gasteiger partial charge in [-0.3, -0.25) is 0 Å². The van der Waals surface area contributed by atoms with Crippen LogP contribution in [-0.2, 0) is 0 Å². The summed E-state index contributed by atoms with van der Waals surface area (Å²) < 4.78 is 0. The van der Waals surface area contributed by atoms with Crippen molar-refractivity contribution in [3.8, 4) is 0 Å². The predicted molar refractivity (Wildman–Crippen MR) is 109 cm³/mol. The van der Waals surface area contributed by atoms with Crippen molar-refractivity contribution < 1.29 is 0 Å². The molecule has 2 heteroatoms. The van der Waals surface area contributed by atoms with Crippen molar-refractivity contribution >= 4 is 23.2 Å². The zero-order valence-electron chi connectivity index (χ0n) is 13.5. The molecule has 0 aliphatic carbocycles. The van der Waals surface area contributed by atoms with E-state index in [0.29, 0.717) is 11.8 Å². The van der Waals surface area contributed by atoms with Crippen molar-refractivity contribution in [2.45, 2.75) is 61.3 Å². The molecule has 0 N–H and O–H groups in total. The van der Waals surface area contributed by atoms with E-state index in [-0.39, 0.29) is 14.9 Å². The van der Waals surface area contributed by atoms with Gasteiger partial charge >= 0.3 is 0 Å². The van der Waals surface area contributed by atoms with E-state index in [0.717, 1.165) is 15.6 Å². The van der Waals surface area contributed by atoms with Gasteiger partial charge in [0.15, 0.2) is 0 Å². The minimum absolute atomic E-state index is 0. The summed E-state index contributed by atoms with van der Waals surface area (Å²) in [6, 6.07) is 14.1. The normalized spacial score (nSPS) is 9.61. The van der Waals surface area contributed by atoms with Gasteiger partial charge < -0.3 is 0 Å². The highest BCUT2D eigenvalue weighted by molar-refractivity contribution is 6.36. The minimum atomic E-state index is 0. The van der Waals surface area contributed by atoms with E-state index in [1.165, 1.54) is 11.1 Å². The van der Waals surface area contributed by atoms with Gasteiger partial charge in [0.2, 0.25) is 0 Å². The molecule has 0 unspecified atom stereocenters. The minimum Gasteiger partial charge on any atom is -0.0840 e. The second-order valence-corrected chi connectivity index (χ2v) is 6.62. The molecule has 2 rings (SSSR count). The lowest BCUT2D eigenvalue weighted by molar-refractivity contribution is 0.856. The van der Waals surface area contributed by atoms with E-state index in [1.54, 1.807) is 0 Å². The third-order valence-electron chi connectivity index (χ3n) is 3.39. The molecular formula is C21H32Cl2. The van der Waals surface area contributed by atoms with Gasteiger partial charge in [0, 0.05) is 10.0 Å². The molecule has 0 aliphatic heterocycles. The summed E-state index contributed by atoms with van der Waals surface area (Å²) in [4.78, 5) is 0. The summed E-state index contributed by atoms with van der Waals surface area (Å²) >= 11 is 11.9. The molecule has 0 aromatic heterocycles. The maximum absolute atomic E-state index is 5.94. The Bertz CT molecular complexity index is 552. The van der Waals surface area contributed by atoms with Gasteiger partial charge in [-0.05, 0) is 47.6 Å². The first-order valence-electron chi connectivity index (χ1n) is 7.34. The van der Waals surface area contributed by atoms with Gasteiger partial charge in [-0.2, -0.15) is 0 Å². The van der Waals surface area contributed by atoms with Crippen LogP contribution in [0, 0.1) is 6.92 Å². The number of hydrogen-bond acceptors (Lipinski definition) is 0. The number of halogens is 2. The largest absolute Gasteiger partial charge is 0.0840 e. The zero-order valence-corrected chi connectivity index (χ0v) is 15.0. The molecule has 0 saturated heterocycles. The van der Waals surface area contributed by atoms with Gasteiger partial charge in [-0.1, -0.05) is 96.1 Å². The SMILES string of the molecule is C.C.CC(C)c1c(Cl)cccc1Cl.Cc1ccccc1C(C)C. The maximum Gasteiger partial charge on any atom is 0.0455 e. The first kappa shape index (κ1) is 24.3. The molecule has 0 bridgehead atoms. The van der Waals surface area contributed by atoms with Crippen molar-refractivity contribution in [2.75, 3.05) is 0 Å². The summed E-state index contributed by atoms with van der Waals surface area (Å²) in [5.41, 5.74) is 3.90. The van der Waals surface area contributed by atoms with Crippen LogP contribution >= 0.6 is 23.2 Å². The summed E-state index contributed by atoms with van der Waals surface area (Å²) in [5, 5.41) is 1.51. The summed E-state index contributed by atoms with van der Waals surface area (Å²) in [5.74, 6) is 1.04. The van der Waals surface area contributed by atoms with Gasteiger partial charge in [0.05, 0.1) is 0 Å². The molecule has 0 nitrogen and oxygen atoms in total. The molecule has 0 amide bonds. The third-order valence-corrected chi connectivity index (χ3v) is 4.05. The van der Waals surface area contributed by atoms with Crippen molar-refractivity contribution in [1.29, 1.82) is 0 Å². The van der Waals surface area contributed by atoms with Crippen molar-refractivity contribution in [2.24, 2.45) is 0 Å². The van der Waals surface area contributed by atoms with E-state index in [9.17, 15) is 0 Å². The van der Waals surface area contributed by atoms with Crippen molar-refractivity contribution in [3.63, 3.8) is 0 Å². The molecule has 0 spiro atoms. The van der Waals surface area contributed by atoms with E-state index >= 15 is 0 Å². The molecule has 23 heavy (non-hydrogen) atoms. The fourth-order valence-electron chi connectivity index (χ4n) is 2.30. The molecule has 2 aromatic rings. The number of aryl methyl sites for hydroxylation is 1. The summed E-state index contributed by atoms with van der Waals surface area (Å²) in [6.07, 6.45) is 0. The molecular weight excluding hydrogens is 323 g/mol. The lowest BCUT2D eigenvalue weighted by Crippen LogP contribution is -1.89. The van der Waals surface area contributed by atoms with Gasteiger partial charge in [0.25, 0.3) is 0 Å². The molecule has 2 aromatic carbocycles. The van der Waals surface area contributed by atoms with Crippen LogP contribution in [0.4, 0.5) is 0 Å². The van der Waals surface area contributed by atoms with E-state index < -0.39 is 0 Å². The number of rotatable bonds is 2. The van der Waals surface area contributed by atoms with Crippen molar-refractivity contribution in [1.82, 2.24) is 0 Å². The Morgan fingerprint density at radius 2 is 1.17 bits per heavy atom. The van der Waals surface area contributed by atoms with Crippen LogP contribution in [0.2, 0.25) is 10.0 Å². The molecule has 0 aliphatic rings. The predicted octanol–water partition coefficient (Wildman–Crippen LogP) is 8.51. The van der Waals surface area contributed by atoms with Gasteiger partial charge in [-0.15, -0.1) is 0 Å². The average molecular weight is 355 g/mol. The molecule has 0 fully saturated rings. The zero-order chi connectivity index (χ0) is 16.0. The highest BCUT2D eigenvalue weighted by Gasteiger charge is 2.07. The van der Waals surface area contributed by atoms with E-state index in [4.69, 9.17) is 23.2 Å². The van der Waals surface area contributed by atoms with Crippen LogP contribution in [-0.4, -0.2) is 0 Å². The molecule has 0 saturated carbocycles. The van der Waals surface area contributed by atoms with Gasteiger partial charge in [0.1, 0.15) is 0 Å². The second kappa shape index (κ2) is 11.5. The number of hydrogen-bond donors (Lipinski definition) is 0.